The van der Waals surface area contributed by atoms with E-state index >= 15 is 0 Å². The highest BCUT2D eigenvalue weighted by Crippen LogP contribution is 2.26. The summed E-state index contributed by atoms with van der Waals surface area (Å²) in [6.07, 6.45) is 0. The lowest BCUT2D eigenvalue weighted by Gasteiger charge is -2.03. The molecule has 0 aliphatic carbocycles. The minimum Gasteiger partial charge on any atom is -0.411 e. The molecule has 0 aliphatic heterocycles. The third-order valence-corrected chi connectivity index (χ3v) is 4.94. The molecule has 7 nitrogen and oxygen atoms in total. The summed E-state index contributed by atoms with van der Waals surface area (Å²) in [5.41, 5.74) is 7.42. The van der Waals surface area contributed by atoms with Gasteiger partial charge in [0.05, 0.1) is 11.3 Å². The van der Waals surface area contributed by atoms with Gasteiger partial charge < -0.3 is 15.5 Å². The minimum absolute atomic E-state index is 0.0749. The van der Waals surface area contributed by atoms with E-state index in [-0.39, 0.29) is 11.7 Å². The molecular weight excluding hydrogens is 360 g/mol. The molecule has 0 radical (unpaired) electrons. The van der Waals surface area contributed by atoms with Crippen molar-refractivity contribution in [1.29, 1.82) is 0 Å². The van der Waals surface area contributed by atoms with Gasteiger partial charge in [0.25, 0.3) is 11.1 Å². The molecule has 128 valence electrons. The standard InChI is InChI=1S/C16H14N4O3S2/c1-9-4-2-3-5-10(9)14-19-20-16(23-14)25-8-12(21)18-15-11(13(17)22)6-7-24-15/h2-7H,8H2,1H3,(H2,17,22)(H,18,21). The second-order valence-corrected chi connectivity index (χ2v) is 6.90. The van der Waals surface area contributed by atoms with Gasteiger partial charge in [0.1, 0.15) is 5.00 Å². The smallest absolute Gasteiger partial charge is 0.277 e. The van der Waals surface area contributed by atoms with Crippen molar-refractivity contribution < 1.29 is 14.0 Å². The number of thioether (sulfide) groups is 1. The fourth-order valence-corrected chi connectivity index (χ4v) is 3.45. The van der Waals surface area contributed by atoms with Crippen LogP contribution >= 0.6 is 23.1 Å². The van der Waals surface area contributed by atoms with Crippen LogP contribution in [0.3, 0.4) is 0 Å². The lowest BCUT2D eigenvalue weighted by atomic mass is 10.1. The number of thiophene rings is 1. The summed E-state index contributed by atoms with van der Waals surface area (Å²) < 4.78 is 5.59. The Labute approximate surface area is 151 Å². The Balaban J connectivity index is 1.61. The zero-order chi connectivity index (χ0) is 17.8. The third kappa shape index (κ3) is 4.06. The van der Waals surface area contributed by atoms with E-state index in [1.807, 2.05) is 31.2 Å². The topological polar surface area (TPSA) is 111 Å². The highest BCUT2D eigenvalue weighted by molar-refractivity contribution is 7.99. The second kappa shape index (κ2) is 7.49. The number of hydrogen-bond acceptors (Lipinski definition) is 7. The number of aryl methyl sites for hydroxylation is 1. The fraction of sp³-hybridized carbons (Fsp3) is 0.125. The second-order valence-electron chi connectivity index (χ2n) is 5.05. The van der Waals surface area contributed by atoms with E-state index in [1.165, 1.54) is 11.3 Å². The number of amides is 2. The van der Waals surface area contributed by atoms with Crippen molar-refractivity contribution in [2.45, 2.75) is 12.1 Å². The van der Waals surface area contributed by atoms with Crippen LogP contribution in [-0.4, -0.2) is 27.8 Å². The Hall–Kier alpha value is -2.65. The summed E-state index contributed by atoms with van der Waals surface area (Å²) >= 11 is 2.36. The van der Waals surface area contributed by atoms with Crippen LogP contribution in [-0.2, 0) is 4.79 Å². The van der Waals surface area contributed by atoms with Crippen LogP contribution in [0.2, 0.25) is 0 Å². The molecule has 2 amide bonds. The van der Waals surface area contributed by atoms with Gasteiger partial charge in [-0.2, -0.15) is 0 Å². The molecule has 2 aromatic heterocycles. The molecule has 0 saturated carbocycles. The summed E-state index contributed by atoms with van der Waals surface area (Å²) in [6.45, 7) is 1.96. The van der Waals surface area contributed by atoms with Crippen LogP contribution < -0.4 is 11.1 Å². The van der Waals surface area contributed by atoms with Gasteiger partial charge in [-0.15, -0.1) is 21.5 Å². The summed E-state index contributed by atoms with van der Waals surface area (Å²) in [5.74, 6) is -0.379. The van der Waals surface area contributed by atoms with Crippen LogP contribution in [0.5, 0.6) is 0 Å². The molecule has 0 aliphatic rings. The molecule has 2 heterocycles. The first kappa shape index (κ1) is 17.2. The predicted molar refractivity (Wildman–Crippen MR) is 96.7 cm³/mol. The molecule has 9 heteroatoms. The van der Waals surface area contributed by atoms with Gasteiger partial charge in [0.15, 0.2) is 0 Å². The fourth-order valence-electron chi connectivity index (χ4n) is 2.08. The molecule has 1 aromatic carbocycles. The number of anilines is 1. The lowest BCUT2D eigenvalue weighted by Crippen LogP contribution is -2.17. The highest BCUT2D eigenvalue weighted by atomic mass is 32.2. The van der Waals surface area contributed by atoms with Crippen molar-refractivity contribution in [2.75, 3.05) is 11.1 Å². The first-order valence-electron chi connectivity index (χ1n) is 7.24. The summed E-state index contributed by atoms with van der Waals surface area (Å²) in [6, 6.07) is 9.25. The van der Waals surface area contributed by atoms with Gasteiger partial charge in [-0.05, 0) is 30.0 Å². The third-order valence-electron chi connectivity index (χ3n) is 3.29. The largest absolute Gasteiger partial charge is 0.411 e. The lowest BCUT2D eigenvalue weighted by molar-refractivity contribution is -0.113. The van der Waals surface area contributed by atoms with E-state index in [0.29, 0.717) is 21.7 Å². The number of nitrogens with zero attached hydrogens (tertiary/aromatic N) is 2. The zero-order valence-electron chi connectivity index (χ0n) is 13.2. The molecular formula is C16H14N4O3S2. The maximum absolute atomic E-state index is 12.0. The number of aromatic nitrogens is 2. The van der Waals surface area contributed by atoms with E-state index in [4.69, 9.17) is 10.2 Å². The molecule has 3 rings (SSSR count). The van der Waals surface area contributed by atoms with Crippen molar-refractivity contribution in [1.82, 2.24) is 10.2 Å². The molecule has 0 bridgehead atoms. The summed E-state index contributed by atoms with van der Waals surface area (Å²) in [7, 11) is 0. The highest BCUT2D eigenvalue weighted by Gasteiger charge is 2.15. The van der Waals surface area contributed by atoms with E-state index in [2.05, 4.69) is 15.5 Å². The van der Waals surface area contributed by atoms with Crippen LogP contribution in [0.15, 0.2) is 45.4 Å². The van der Waals surface area contributed by atoms with Crippen molar-refractivity contribution in [3.63, 3.8) is 0 Å². The van der Waals surface area contributed by atoms with Gasteiger partial charge in [0, 0.05) is 5.56 Å². The number of primary amides is 1. The molecule has 0 fully saturated rings. The summed E-state index contributed by atoms with van der Waals surface area (Å²) in [4.78, 5) is 23.3. The SMILES string of the molecule is Cc1ccccc1-c1nnc(SCC(=O)Nc2sccc2C(N)=O)o1. The maximum Gasteiger partial charge on any atom is 0.277 e. The average molecular weight is 374 g/mol. The quantitative estimate of drug-likeness (QED) is 0.642. The Kier molecular flexibility index (Phi) is 5.15. The van der Waals surface area contributed by atoms with Gasteiger partial charge in [-0.3, -0.25) is 9.59 Å². The first-order chi connectivity index (χ1) is 12.0. The molecule has 0 spiro atoms. The Morgan fingerprint density at radius 3 is 2.84 bits per heavy atom. The minimum atomic E-state index is -0.580. The van der Waals surface area contributed by atoms with Crippen molar-refractivity contribution in [3.8, 4) is 11.5 Å². The maximum atomic E-state index is 12.0. The summed E-state index contributed by atoms with van der Waals surface area (Å²) in [5, 5.41) is 13.0. The van der Waals surface area contributed by atoms with Crippen LogP contribution in [0.4, 0.5) is 5.00 Å². The molecule has 25 heavy (non-hydrogen) atoms. The number of carbonyl (C=O) groups excluding carboxylic acids is 2. The first-order valence-corrected chi connectivity index (χ1v) is 9.10. The van der Waals surface area contributed by atoms with Gasteiger partial charge in [0.2, 0.25) is 11.8 Å². The molecule has 0 saturated heterocycles. The number of nitrogens with two attached hydrogens (primary N) is 1. The normalized spacial score (nSPS) is 10.6. The van der Waals surface area contributed by atoms with Gasteiger partial charge >= 0.3 is 0 Å². The molecule has 0 atom stereocenters. The monoisotopic (exact) mass is 374 g/mol. The molecule has 3 aromatic rings. The van der Waals surface area contributed by atoms with E-state index in [9.17, 15) is 9.59 Å². The van der Waals surface area contributed by atoms with Crippen LogP contribution in [0, 0.1) is 6.92 Å². The van der Waals surface area contributed by atoms with Crippen LogP contribution in [0.1, 0.15) is 15.9 Å². The molecule has 0 unspecified atom stereocenters. The van der Waals surface area contributed by atoms with E-state index in [0.717, 1.165) is 22.9 Å². The Morgan fingerprint density at radius 2 is 2.08 bits per heavy atom. The van der Waals surface area contributed by atoms with E-state index in [1.54, 1.807) is 11.4 Å². The number of hydrogen-bond donors (Lipinski definition) is 2. The zero-order valence-corrected chi connectivity index (χ0v) is 14.8. The van der Waals surface area contributed by atoms with Crippen molar-refractivity contribution in [3.05, 3.63) is 46.8 Å². The van der Waals surface area contributed by atoms with E-state index < -0.39 is 5.91 Å². The van der Waals surface area contributed by atoms with Crippen molar-refractivity contribution in [2.24, 2.45) is 5.73 Å². The number of carbonyl (C=O) groups is 2. The van der Waals surface area contributed by atoms with Crippen LogP contribution in [0.25, 0.3) is 11.5 Å². The van der Waals surface area contributed by atoms with Gasteiger partial charge in [-0.1, -0.05) is 30.0 Å². The number of benzene rings is 1. The number of nitrogens with one attached hydrogen (secondary N) is 1. The number of rotatable bonds is 6. The van der Waals surface area contributed by atoms with Gasteiger partial charge in [-0.25, -0.2) is 0 Å². The predicted octanol–water partition coefficient (Wildman–Crippen LogP) is 2.94. The van der Waals surface area contributed by atoms with Crippen molar-refractivity contribution >= 4 is 39.9 Å². The molecule has 3 N–H and O–H groups in total. The Bertz CT molecular complexity index is 920. The Morgan fingerprint density at radius 1 is 1.28 bits per heavy atom. The average Bonchev–Trinajstić information content (AvgIpc) is 3.22.